The van der Waals surface area contributed by atoms with Gasteiger partial charge in [0.15, 0.2) is 0 Å². The van der Waals surface area contributed by atoms with Gasteiger partial charge in [0.05, 0.1) is 18.9 Å². The average molecular weight is 218 g/mol. The van der Waals surface area contributed by atoms with Gasteiger partial charge in [0.1, 0.15) is 15.4 Å². The van der Waals surface area contributed by atoms with Gasteiger partial charge in [0.2, 0.25) is 0 Å². The summed E-state index contributed by atoms with van der Waals surface area (Å²) in [5.41, 5.74) is 0. The van der Waals surface area contributed by atoms with E-state index in [2.05, 4.69) is 10.3 Å². The molecule has 0 aliphatic rings. The van der Waals surface area contributed by atoms with Crippen molar-refractivity contribution >= 4 is 22.9 Å². The molecular formula is C7H8ClN3OS. The van der Waals surface area contributed by atoms with Crippen molar-refractivity contribution < 1.29 is 5.11 Å². The molecule has 0 aliphatic carbocycles. The Morgan fingerprint density at radius 3 is 3.08 bits per heavy atom. The molecule has 4 nitrogen and oxygen atoms in total. The predicted octanol–water partition coefficient (Wildman–Crippen LogP) is 0.943. The van der Waals surface area contributed by atoms with Crippen molar-refractivity contribution in [1.29, 1.82) is 5.26 Å². The van der Waals surface area contributed by atoms with Crippen molar-refractivity contribution in [3.05, 3.63) is 15.5 Å². The third-order valence-electron chi connectivity index (χ3n) is 1.33. The summed E-state index contributed by atoms with van der Waals surface area (Å²) in [5.74, 6) is 0. The van der Waals surface area contributed by atoms with E-state index in [0.29, 0.717) is 15.9 Å². The number of hydrogen-bond donors (Lipinski definition) is 2. The SMILES string of the molecule is N#CC(NCCO)c1ncc(Cl)s1. The van der Waals surface area contributed by atoms with E-state index in [9.17, 15) is 0 Å². The van der Waals surface area contributed by atoms with Gasteiger partial charge in [-0.2, -0.15) is 5.26 Å². The predicted molar refractivity (Wildman–Crippen MR) is 50.6 cm³/mol. The Hall–Kier alpha value is -0.670. The Kier molecular flexibility index (Phi) is 4.12. The molecule has 0 aliphatic heterocycles. The van der Waals surface area contributed by atoms with Crippen LogP contribution in [0.1, 0.15) is 11.0 Å². The molecule has 1 aromatic heterocycles. The Bertz CT molecular complexity index is 309. The first-order valence-electron chi connectivity index (χ1n) is 3.63. The van der Waals surface area contributed by atoms with Gasteiger partial charge < -0.3 is 5.11 Å². The molecule has 1 rings (SSSR count). The number of thiazole rings is 1. The molecule has 0 saturated heterocycles. The lowest BCUT2D eigenvalue weighted by Crippen LogP contribution is -2.23. The largest absolute Gasteiger partial charge is 0.395 e. The highest BCUT2D eigenvalue weighted by Crippen LogP contribution is 2.23. The standard InChI is InChI=1S/C7H8ClN3OS/c8-6-4-11-7(13-6)5(3-9)10-1-2-12/h4-5,10,12H,1-2H2. The van der Waals surface area contributed by atoms with Crippen molar-refractivity contribution in [2.45, 2.75) is 6.04 Å². The van der Waals surface area contributed by atoms with Crippen LogP contribution in [0.15, 0.2) is 6.20 Å². The smallest absolute Gasteiger partial charge is 0.148 e. The van der Waals surface area contributed by atoms with Crippen LogP contribution in [0.25, 0.3) is 0 Å². The van der Waals surface area contributed by atoms with Crippen LogP contribution in [0, 0.1) is 11.3 Å². The Balaban J connectivity index is 2.63. The molecule has 0 radical (unpaired) electrons. The first-order valence-corrected chi connectivity index (χ1v) is 4.82. The number of aliphatic hydroxyl groups excluding tert-OH is 1. The van der Waals surface area contributed by atoms with Crippen molar-refractivity contribution in [1.82, 2.24) is 10.3 Å². The highest BCUT2D eigenvalue weighted by molar-refractivity contribution is 7.15. The number of halogens is 1. The summed E-state index contributed by atoms with van der Waals surface area (Å²) < 4.78 is 0.557. The quantitative estimate of drug-likeness (QED) is 0.788. The number of nitrogens with one attached hydrogen (secondary N) is 1. The number of rotatable bonds is 4. The second kappa shape index (κ2) is 5.14. The van der Waals surface area contributed by atoms with Crippen LogP contribution in [0.5, 0.6) is 0 Å². The average Bonchev–Trinajstić information content (AvgIpc) is 2.54. The van der Waals surface area contributed by atoms with Gasteiger partial charge in [0, 0.05) is 6.54 Å². The fourth-order valence-corrected chi connectivity index (χ4v) is 1.75. The normalized spacial score (nSPS) is 12.4. The summed E-state index contributed by atoms with van der Waals surface area (Å²) in [7, 11) is 0. The van der Waals surface area contributed by atoms with Crippen LogP contribution >= 0.6 is 22.9 Å². The summed E-state index contributed by atoms with van der Waals surface area (Å²) in [6, 6.07) is 1.55. The van der Waals surface area contributed by atoms with Gasteiger partial charge in [0.25, 0.3) is 0 Å². The van der Waals surface area contributed by atoms with E-state index < -0.39 is 6.04 Å². The summed E-state index contributed by atoms with van der Waals surface area (Å²) in [6.07, 6.45) is 1.51. The second-order valence-electron chi connectivity index (χ2n) is 2.24. The van der Waals surface area contributed by atoms with Gasteiger partial charge in [-0.15, -0.1) is 11.3 Å². The molecule has 13 heavy (non-hydrogen) atoms. The molecular weight excluding hydrogens is 210 g/mol. The minimum Gasteiger partial charge on any atom is -0.395 e. The van der Waals surface area contributed by atoms with E-state index in [-0.39, 0.29) is 6.61 Å². The first-order chi connectivity index (χ1) is 6.27. The second-order valence-corrected chi connectivity index (χ2v) is 3.94. The molecule has 0 fully saturated rings. The molecule has 0 aromatic carbocycles. The van der Waals surface area contributed by atoms with E-state index in [4.69, 9.17) is 22.0 Å². The van der Waals surface area contributed by atoms with Gasteiger partial charge in [-0.05, 0) is 0 Å². The Morgan fingerprint density at radius 1 is 1.85 bits per heavy atom. The fourth-order valence-electron chi connectivity index (χ4n) is 0.797. The van der Waals surface area contributed by atoms with Gasteiger partial charge in [-0.25, -0.2) is 4.98 Å². The molecule has 0 spiro atoms. The van der Waals surface area contributed by atoms with E-state index in [0.717, 1.165) is 0 Å². The monoisotopic (exact) mass is 217 g/mol. The molecule has 0 bridgehead atoms. The molecule has 1 aromatic rings. The lowest BCUT2D eigenvalue weighted by atomic mass is 10.3. The summed E-state index contributed by atoms with van der Waals surface area (Å²) in [6.45, 7) is 0.368. The first kappa shape index (κ1) is 10.4. The molecule has 0 amide bonds. The lowest BCUT2D eigenvalue weighted by Gasteiger charge is -2.05. The zero-order valence-corrected chi connectivity index (χ0v) is 8.27. The molecule has 70 valence electrons. The molecule has 2 N–H and O–H groups in total. The van der Waals surface area contributed by atoms with E-state index in [1.165, 1.54) is 17.5 Å². The van der Waals surface area contributed by atoms with Gasteiger partial charge in [-0.3, -0.25) is 5.32 Å². The maximum absolute atomic E-state index is 8.74. The fraction of sp³-hybridized carbons (Fsp3) is 0.429. The number of hydrogen-bond acceptors (Lipinski definition) is 5. The van der Waals surface area contributed by atoms with Crippen molar-refractivity contribution in [2.24, 2.45) is 0 Å². The van der Waals surface area contributed by atoms with Gasteiger partial charge in [-0.1, -0.05) is 11.6 Å². The number of aliphatic hydroxyl groups is 1. The summed E-state index contributed by atoms with van der Waals surface area (Å²) in [4.78, 5) is 3.96. The van der Waals surface area contributed by atoms with Crippen LogP contribution < -0.4 is 5.32 Å². The number of aromatic nitrogens is 1. The number of nitriles is 1. The highest BCUT2D eigenvalue weighted by atomic mass is 35.5. The number of nitrogens with zero attached hydrogens (tertiary/aromatic N) is 2. The third-order valence-corrected chi connectivity index (χ3v) is 2.51. The highest BCUT2D eigenvalue weighted by Gasteiger charge is 2.12. The van der Waals surface area contributed by atoms with E-state index in [1.54, 1.807) is 0 Å². The maximum Gasteiger partial charge on any atom is 0.148 e. The molecule has 0 saturated carbocycles. The minimum absolute atomic E-state index is 0.00269. The van der Waals surface area contributed by atoms with E-state index in [1.807, 2.05) is 6.07 Å². The third kappa shape index (κ3) is 2.94. The van der Waals surface area contributed by atoms with Crippen molar-refractivity contribution in [3.8, 4) is 6.07 Å². The molecule has 1 atom stereocenters. The van der Waals surface area contributed by atoms with Crippen LogP contribution in [0.3, 0.4) is 0 Å². The molecule has 6 heteroatoms. The molecule has 1 heterocycles. The van der Waals surface area contributed by atoms with Gasteiger partial charge >= 0.3 is 0 Å². The topological polar surface area (TPSA) is 68.9 Å². The van der Waals surface area contributed by atoms with Crippen LogP contribution in [0.2, 0.25) is 4.34 Å². The Labute approximate surface area is 84.8 Å². The van der Waals surface area contributed by atoms with Crippen molar-refractivity contribution in [3.63, 3.8) is 0 Å². The van der Waals surface area contributed by atoms with Crippen molar-refractivity contribution in [2.75, 3.05) is 13.2 Å². The zero-order valence-electron chi connectivity index (χ0n) is 6.70. The Morgan fingerprint density at radius 2 is 2.62 bits per heavy atom. The van der Waals surface area contributed by atoms with Crippen LogP contribution in [-0.4, -0.2) is 23.2 Å². The summed E-state index contributed by atoms with van der Waals surface area (Å²) in [5, 5.41) is 20.7. The maximum atomic E-state index is 8.74. The molecule has 1 unspecified atom stereocenters. The van der Waals surface area contributed by atoms with E-state index >= 15 is 0 Å². The lowest BCUT2D eigenvalue weighted by molar-refractivity contribution is 0.289. The minimum atomic E-state index is -0.482. The van der Waals surface area contributed by atoms with Crippen LogP contribution in [-0.2, 0) is 0 Å². The summed E-state index contributed by atoms with van der Waals surface area (Å²) >= 11 is 6.92. The zero-order chi connectivity index (χ0) is 9.68. The van der Waals surface area contributed by atoms with Crippen LogP contribution in [0.4, 0.5) is 0 Å².